The lowest BCUT2D eigenvalue weighted by molar-refractivity contribution is 0.148. The standard InChI is InChI=1S/C13H22N4O2/c1-11-10-12(18)17(13(14-11)19-3)9-8-16-6-4-15(2)5-7-16/h10H,4-9H2,1-3H3. The molecule has 0 spiro atoms. The Balaban J connectivity index is 2.01. The minimum absolute atomic E-state index is 0.0431. The second-order valence-corrected chi connectivity index (χ2v) is 5.02. The molecule has 1 aromatic heterocycles. The minimum atomic E-state index is -0.0431. The van der Waals surface area contributed by atoms with Crippen molar-refractivity contribution in [1.29, 1.82) is 0 Å². The van der Waals surface area contributed by atoms with Crippen LogP contribution in [0.15, 0.2) is 10.9 Å². The van der Waals surface area contributed by atoms with E-state index in [0.717, 1.165) is 32.7 Å². The van der Waals surface area contributed by atoms with Gasteiger partial charge in [0.15, 0.2) is 0 Å². The molecule has 6 nitrogen and oxygen atoms in total. The number of methoxy groups -OCH3 is 1. The first-order valence-electron chi connectivity index (χ1n) is 6.63. The first kappa shape index (κ1) is 14.0. The molecule has 106 valence electrons. The van der Waals surface area contributed by atoms with Gasteiger partial charge in [0, 0.05) is 51.0 Å². The molecular weight excluding hydrogens is 244 g/mol. The highest BCUT2D eigenvalue weighted by atomic mass is 16.5. The zero-order valence-corrected chi connectivity index (χ0v) is 11.9. The van der Waals surface area contributed by atoms with Crippen molar-refractivity contribution in [2.45, 2.75) is 13.5 Å². The Morgan fingerprint density at radius 1 is 1.26 bits per heavy atom. The van der Waals surface area contributed by atoms with E-state index >= 15 is 0 Å². The van der Waals surface area contributed by atoms with Crippen molar-refractivity contribution < 1.29 is 4.74 Å². The highest BCUT2D eigenvalue weighted by molar-refractivity contribution is 5.06. The summed E-state index contributed by atoms with van der Waals surface area (Å²) < 4.78 is 6.79. The number of rotatable bonds is 4. The number of aromatic nitrogens is 2. The largest absolute Gasteiger partial charge is 0.468 e. The van der Waals surface area contributed by atoms with Crippen molar-refractivity contribution in [3.8, 4) is 6.01 Å². The van der Waals surface area contributed by atoms with Crippen LogP contribution in [0.3, 0.4) is 0 Å². The van der Waals surface area contributed by atoms with E-state index in [9.17, 15) is 4.79 Å². The monoisotopic (exact) mass is 266 g/mol. The van der Waals surface area contributed by atoms with Gasteiger partial charge in [-0.1, -0.05) is 0 Å². The molecule has 1 aromatic rings. The average Bonchev–Trinajstić information content (AvgIpc) is 2.39. The lowest BCUT2D eigenvalue weighted by atomic mass is 10.3. The van der Waals surface area contributed by atoms with E-state index in [-0.39, 0.29) is 5.56 Å². The van der Waals surface area contributed by atoms with Crippen LogP contribution in [-0.2, 0) is 6.54 Å². The molecule has 19 heavy (non-hydrogen) atoms. The topological polar surface area (TPSA) is 50.6 Å². The summed E-state index contributed by atoms with van der Waals surface area (Å²) in [7, 11) is 3.68. The van der Waals surface area contributed by atoms with Gasteiger partial charge in [0.25, 0.3) is 11.6 Å². The molecule has 0 aliphatic carbocycles. The molecular formula is C13H22N4O2. The fourth-order valence-electron chi connectivity index (χ4n) is 2.27. The lowest BCUT2D eigenvalue weighted by Crippen LogP contribution is -2.45. The maximum Gasteiger partial charge on any atom is 0.299 e. The quantitative estimate of drug-likeness (QED) is 0.756. The van der Waals surface area contributed by atoms with E-state index < -0.39 is 0 Å². The third kappa shape index (κ3) is 3.54. The summed E-state index contributed by atoms with van der Waals surface area (Å²) in [6, 6.07) is 1.95. The number of likely N-dealkylation sites (N-methyl/N-ethyl adjacent to an activating group) is 1. The van der Waals surface area contributed by atoms with Crippen LogP contribution in [0.25, 0.3) is 0 Å². The Kier molecular flexibility index (Phi) is 4.55. The first-order valence-corrected chi connectivity index (χ1v) is 6.63. The summed E-state index contributed by atoms with van der Waals surface area (Å²) in [4.78, 5) is 20.9. The van der Waals surface area contributed by atoms with E-state index in [2.05, 4.69) is 21.8 Å². The predicted molar refractivity (Wildman–Crippen MR) is 73.7 cm³/mol. The van der Waals surface area contributed by atoms with Crippen molar-refractivity contribution in [2.24, 2.45) is 0 Å². The Morgan fingerprint density at radius 2 is 1.95 bits per heavy atom. The molecule has 1 saturated heterocycles. The van der Waals surface area contributed by atoms with Crippen molar-refractivity contribution in [3.63, 3.8) is 0 Å². The summed E-state index contributed by atoms with van der Waals surface area (Å²) >= 11 is 0. The van der Waals surface area contributed by atoms with Crippen LogP contribution in [-0.4, -0.2) is 66.2 Å². The number of nitrogens with zero attached hydrogens (tertiary/aromatic N) is 4. The lowest BCUT2D eigenvalue weighted by Gasteiger charge is -2.32. The smallest absolute Gasteiger partial charge is 0.299 e. The first-order chi connectivity index (χ1) is 9.10. The van der Waals surface area contributed by atoms with Crippen molar-refractivity contribution in [3.05, 3.63) is 22.1 Å². The van der Waals surface area contributed by atoms with Crippen LogP contribution in [0.1, 0.15) is 5.69 Å². The Hall–Kier alpha value is -1.40. The van der Waals surface area contributed by atoms with Gasteiger partial charge in [-0.05, 0) is 14.0 Å². The molecule has 0 radical (unpaired) electrons. The van der Waals surface area contributed by atoms with Gasteiger partial charge in [0.05, 0.1) is 7.11 Å². The zero-order valence-electron chi connectivity index (χ0n) is 11.9. The normalized spacial score (nSPS) is 17.6. The minimum Gasteiger partial charge on any atom is -0.468 e. The van der Waals surface area contributed by atoms with Gasteiger partial charge < -0.3 is 9.64 Å². The van der Waals surface area contributed by atoms with Crippen LogP contribution in [0.2, 0.25) is 0 Å². The molecule has 0 amide bonds. The third-order valence-electron chi connectivity index (χ3n) is 3.52. The van der Waals surface area contributed by atoms with Gasteiger partial charge in [0.2, 0.25) is 0 Å². The maximum atomic E-state index is 12.0. The Morgan fingerprint density at radius 3 is 2.58 bits per heavy atom. The number of ether oxygens (including phenoxy) is 1. The molecule has 1 aliphatic rings. The summed E-state index contributed by atoms with van der Waals surface area (Å²) in [6.45, 7) is 7.54. The summed E-state index contributed by atoms with van der Waals surface area (Å²) in [5.41, 5.74) is 0.649. The number of aryl methyl sites for hydroxylation is 1. The SMILES string of the molecule is COc1nc(C)cc(=O)n1CCN1CCN(C)CC1. The third-order valence-corrected chi connectivity index (χ3v) is 3.52. The summed E-state index contributed by atoms with van der Waals surface area (Å²) in [5, 5.41) is 0. The molecule has 6 heteroatoms. The van der Waals surface area contributed by atoms with Crippen LogP contribution < -0.4 is 10.3 Å². The van der Waals surface area contributed by atoms with Crippen molar-refractivity contribution in [2.75, 3.05) is 46.9 Å². The van der Waals surface area contributed by atoms with Gasteiger partial charge >= 0.3 is 0 Å². The molecule has 0 atom stereocenters. The predicted octanol–water partition coefficient (Wildman–Crippen LogP) is -0.192. The maximum absolute atomic E-state index is 12.0. The van der Waals surface area contributed by atoms with E-state index in [1.165, 1.54) is 0 Å². The van der Waals surface area contributed by atoms with Crippen LogP contribution in [0, 0.1) is 6.92 Å². The van der Waals surface area contributed by atoms with E-state index in [4.69, 9.17) is 4.74 Å². The molecule has 1 aliphatic heterocycles. The van der Waals surface area contributed by atoms with E-state index in [1.54, 1.807) is 24.7 Å². The molecule has 0 saturated carbocycles. The van der Waals surface area contributed by atoms with Gasteiger partial charge in [-0.15, -0.1) is 0 Å². The fraction of sp³-hybridized carbons (Fsp3) is 0.692. The van der Waals surface area contributed by atoms with Crippen molar-refractivity contribution in [1.82, 2.24) is 19.4 Å². The van der Waals surface area contributed by atoms with Gasteiger partial charge in [-0.25, -0.2) is 4.98 Å². The summed E-state index contributed by atoms with van der Waals surface area (Å²) in [5.74, 6) is 0. The second kappa shape index (κ2) is 6.16. The van der Waals surface area contributed by atoms with E-state index in [0.29, 0.717) is 18.2 Å². The highest BCUT2D eigenvalue weighted by Gasteiger charge is 2.14. The van der Waals surface area contributed by atoms with E-state index in [1.807, 2.05) is 0 Å². The Bertz CT molecular complexity index is 478. The number of hydrogen-bond donors (Lipinski definition) is 0. The number of piperazine rings is 1. The van der Waals surface area contributed by atoms with Crippen LogP contribution in [0.4, 0.5) is 0 Å². The van der Waals surface area contributed by atoms with Crippen molar-refractivity contribution >= 4 is 0 Å². The fourth-order valence-corrected chi connectivity index (χ4v) is 2.27. The highest BCUT2D eigenvalue weighted by Crippen LogP contribution is 2.05. The zero-order chi connectivity index (χ0) is 13.8. The van der Waals surface area contributed by atoms with Crippen LogP contribution in [0.5, 0.6) is 6.01 Å². The van der Waals surface area contributed by atoms with Gasteiger partial charge in [-0.3, -0.25) is 14.3 Å². The molecule has 0 aromatic carbocycles. The number of hydrogen-bond acceptors (Lipinski definition) is 5. The van der Waals surface area contributed by atoms with Gasteiger partial charge in [0.1, 0.15) is 0 Å². The molecule has 0 unspecified atom stereocenters. The summed E-state index contributed by atoms with van der Waals surface area (Å²) in [6.07, 6.45) is 0. The second-order valence-electron chi connectivity index (χ2n) is 5.02. The van der Waals surface area contributed by atoms with Gasteiger partial charge in [-0.2, -0.15) is 0 Å². The molecule has 2 heterocycles. The molecule has 2 rings (SSSR count). The van der Waals surface area contributed by atoms with Crippen LogP contribution >= 0.6 is 0 Å². The molecule has 1 fully saturated rings. The Labute approximate surface area is 113 Å². The molecule has 0 bridgehead atoms. The molecule has 0 N–H and O–H groups in total. The average molecular weight is 266 g/mol.